The van der Waals surface area contributed by atoms with Crippen LogP contribution in [0.5, 0.6) is 0 Å². The molecule has 4 heteroatoms. The van der Waals surface area contributed by atoms with Crippen molar-refractivity contribution in [2.24, 2.45) is 0 Å². The van der Waals surface area contributed by atoms with Crippen LogP contribution in [-0.4, -0.2) is 13.1 Å². The number of halogens is 3. The van der Waals surface area contributed by atoms with Gasteiger partial charge < -0.3 is 5.32 Å². The highest BCUT2D eigenvalue weighted by Gasteiger charge is 2.35. The molecule has 1 nitrogen and oxygen atoms in total. The van der Waals surface area contributed by atoms with E-state index in [4.69, 9.17) is 0 Å². The molecule has 1 aromatic carbocycles. The highest BCUT2D eigenvalue weighted by molar-refractivity contribution is 5.33. The molecule has 1 N–H and O–H groups in total. The van der Waals surface area contributed by atoms with E-state index in [-0.39, 0.29) is 5.92 Å². The van der Waals surface area contributed by atoms with Crippen LogP contribution in [0.2, 0.25) is 0 Å². The number of hydrogen-bond acceptors (Lipinski definition) is 1. The van der Waals surface area contributed by atoms with Crippen molar-refractivity contribution in [2.45, 2.75) is 18.5 Å². The van der Waals surface area contributed by atoms with E-state index in [1.54, 1.807) is 12.1 Å². The van der Waals surface area contributed by atoms with E-state index < -0.39 is 11.7 Å². The molecule has 0 unspecified atom stereocenters. The number of rotatable bonds is 1. The number of nitrogens with one attached hydrogen (secondary N) is 1. The molecule has 0 aliphatic carbocycles. The molecule has 1 aliphatic heterocycles. The second-order valence-electron chi connectivity index (χ2n) is 3.77. The van der Waals surface area contributed by atoms with Gasteiger partial charge in [0, 0.05) is 6.54 Å². The third-order valence-electron chi connectivity index (χ3n) is 2.77. The standard InChI is InChI=1S/C11H12F3N/c12-11(13,14)10-4-2-1-3-9(10)8-5-6-15-7-8/h1-4,8,15H,5-7H2/t8-/m0/s1. The van der Waals surface area contributed by atoms with Crippen molar-refractivity contribution in [3.63, 3.8) is 0 Å². The highest BCUT2D eigenvalue weighted by Crippen LogP contribution is 2.36. The molecule has 0 spiro atoms. The molecule has 1 atom stereocenters. The smallest absolute Gasteiger partial charge is 0.316 e. The lowest BCUT2D eigenvalue weighted by Gasteiger charge is -2.16. The molecule has 1 aliphatic rings. The molecule has 1 fully saturated rings. The monoisotopic (exact) mass is 215 g/mol. The van der Waals surface area contributed by atoms with Gasteiger partial charge in [0.2, 0.25) is 0 Å². The zero-order valence-corrected chi connectivity index (χ0v) is 8.14. The fourth-order valence-corrected chi connectivity index (χ4v) is 2.03. The fraction of sp³-hybridized carbons (Fsp3) is 0.455. The Bertz CT molecular complexity index is 340. The Hall–Kier alpha value is -1.03. The largest absolute Gasteiger partial charge is 0.416 e. The van der Waals surface area contributed by atoms with Gasteiger partial charge in [0.1, 0.15) is 0 Å². The van der Waals surface area contributed by atoms with Crippen LogP contribution in [0.25, 0.3) is 0 Å². The van der Waals surface area contributed by atoms with Crippen LogP contribution in [0, 0.1) is 0 Å². The van der Waals surface area contributed by atoms with Crippen molar-refractivity contribution in [3.05, 3.63) is 35.4 Å². The lowest BCUT2D eigenvalue weighted by molar-refractivity contribution is -0.138. The number of hydrogen-bond donors (Lipinski definition) is 1. The molecule has 0 bridgehead atoms. The molecule has 0 amide bonds. The van der Waals surface area contributed by atoms with Gasteiger partial charge in [0.05, 0.1) is 5.56 Å². The average Bonchev–Trinajstić information content (AvgIpc) is 2.69. The Morgan fingerprint density at radius 1 is 1.20 bits per heavy atom. The first-order valence-corrected chi connectivity index (χ1v) is 4.96. The van der Waals surface area contributed by atoms with Gasteiger partial charge >= 0.3 is 6.18 Å². The Kier molecular flexibility index (Phi) is 2.69. The number of alkyl halides is 3. The topological polar surface area (TPSA) is 12.0 Å². The van der Waals surface area contributed by atoms with Crippen molar-refractivity contribution >= 4 is 0 Å². The minimum atomic E-state index is -4.24. The van der Waals surface area contributed by atoms with Crippen LogP contribution >= 0.6 is 0 Å². The number of benzene rings is 1. The second kappa shape index (κ2) is 3.85. The van der Waals surface area contributed by atoms with E-state index in [1.807, 2.05) is 0 Å². The molecule has 1 aromatic rings. The van der Waals surface area contributed by atoms with Gasteiger partial charge in [-0.3, -0.25) is 0 Å². The molecule has 0 saturated carbocycles. The van der Waals surface area contributed by atoms with Crippen LogP contribution in [0.4, 0.5) is 13.2 Å². The normalized spacial score (nSPS) is 21.9. The lowest BCUT2D eigenvalue weighted by Crippen LogP contribution is -2.14. The van der Waals surface area contributed by atoms with E-state index in [0.29, 0.717) is 12.1 Å². The molecule has 1 saturated heterocycles. The molecule has 0 aromatic heterocycles. The minimum Gasteiger partial charge on any atom is -0.316 e. The molecule has 2 rings (SSSR count). The zero-order chi connectivity index (χ0) is 10.9. The van der Waals surface area contributed by atoms with E-state index in [2.05, 4.69) is 5.32 Å². The third kappa shape index (κ3) is 2.15. The summed E-state index contributed by atoms with van der Waals surface area (Å²) in [6.45, 7) is 1.45. The molecule has 15 heavy (non-hydrogen) atoms. The van der Waals surface area contributed by atoms with Gasteiger partial charge in [-0.1, -0.05) is 18.2 Å². The van der Waals surface area contributed by atoms with Crippen LogP contribution in [-0.2, 0) is 6.18 Å². The van der Waals surface area contributed by atoms with Crippen LogP contribution in [0.3, 0.4) is 0 Å². The predicted octanol–water partition coefficient (Wildman–Crippen LogP) is 2.78. The highest BCUT2D eigenvalue weighted by atomic mass is 19.4. The van der Waals surface area contributed by atoms with Crippen LogP contribution in [0.1, 0.15) is 23.5 Å². The van der Waals surface area contributed by atoms with E-state index in [0.717, 1.165) is 19.0 Å². The Morgan fingerprint density at radius 2 is 1.93 bits per heavy atom. The van der Waals surface area contributed by atoms with Gasteiger partial charge in [0.25, 0.3) is 0 Å². The quantitative estimate of drug-likeness (QED) is 0.759. The summed E-state index contributed by atoms with van der Waals surface area (Å²) in [4.78, 5) is 0. The van der Waals surface area contributed by atoms with E-state index >= 15 is 0 Å². The molecule has 0 radical (unpaired) electrons. The first-order valence-electron chi connectivity index (χ1n) is 4.96. The van der Waals surface area contributed by atoms with Gasteiger partial charge in [0.15, 0.2) is 0 Å². The van der Waals surface area contributed by atoms with E-state index in [1.165, 1.54) is 6.07 Å². The molecule has 1 heterocycles. The van der Waals surface area contributed by atoms with Crippen LogP contribution in [0.15, 0.2) is 24.3 Å². The Balaban J connectivity index is 2.37. The maximum atomic E-state index is 12.7. The summed E-state index contributed by atoms with van der Waals surface area (Å²) in [5.41, 5.74) is -0.0614. The third-order valence-corrected chi connectivity index (χ3v) is 2.77. The van der Waals surface area contributed by atoms with Crippen LogP contribution < -0.4 is 5.32 Å². The van der Waals surface area contributed by atoms with Gasteiger partial charge in [-0.05, 0) is 30.5 Å². The van der Waals surface area contributed by atoms with Gasteiger partial charge in [-0.15, -0.1) is 0 Å². The van der Waals surface area contributed by atoms with E-state index in [9.17, 15) is 13.2 Å². The maximum Gasteiger partial charge on any atom is 0.416 e. The average molecular weight is 215 g/mol. The van der Waals surface area contributed by atoms with Crippen molar-refractivity contribution in [1.82, 2.24) is 5.32 Å². The first-order chi connectivity index (χ1) is 7.09. The maximum absolute atomic E-state index is 12.7. The second-order valence-corrected chi connectivity index (χ2v) is 3.77. The SMILES string of the molecule is FC(F)(F)c1ccccc1[C@H]1CCNC1. The summed E-state index contributed by atoms with van der Waals surface area (Å²) in [7, 11) is 0. The van der Waals surface area contributed by atoms with Crippen molar-refractivity contribution < 1.29 is 13.2 Å². The zero-order valence-electron chi connectivity index (χ0n) is 8.14. The molecular weight excluding hydrogens is 203 g/mol. The fourth-order valence-electron chi connectivity index (χ4n) is 2.03. The predicted molar refractivity (Wildman–Crippen MR) is 51.7 cm³/mol. The van der Waals surface area contributed by atoms with Crippen molar-refractivity contribution in [2.75, 3.05) is 13.1 Å². The molecular formula is C11H12F3N. The summed E-state index contributed by atoms with van der Waals surface area (Å²) < 4.78 is 38.0. The van der Waals surface area contributed by atoms with Crippen molar-refractivity contribution in [1.29, 1.82) is 0 Å². The van der Waals surface area contributed by atoms with Gasteiger partial charge in [-0.25, -0.2) is 0 Å². The summed E-state index contributed by atoms with van der Waals surface area (Å²) in [5.74, 6) is 0.00262. The van der Waals surface area contributed by atoms with Gasteiger partial charge in [-0.2, -0.15) is 13.2 Å². The van der Waals surface area contributed by atoms with Crippen molar-refractivity contribution in [3.8, 4) is 0 Å². The summed E-state index contributed by atoms with van der Waals surface area (Å²) >= 11 is 0. The summed E-state index contributed by atoms with van der Waals surface area (Å²) in [6.07, 6.45) is -3.45. The minimum absolute atomic E-state index is 0.00262. The molecule has 82 valence electrons. The first kappa shape index (κ1) is 10.5. The Morgan fingerprint density at radius 3 is 2.53 bits per heavy atom. The summed E-state index contributed by atoms with van der Waals surface area (Å²) in [6, 6.07) is 5.85. The Labute approximate surface area is 86.3 Å². The lowest BCUT2D eigenvalue weighted by atomic mass is 9.93. The summed E-state index contributed by atoms with van der Waals surface area (Å²) in [5, 5.41) is 3.08.